The Bertz CT molecular complexity index is 478. The summed E-state index contributed by atoms with van der Waals surface area (Å²) < 4.78 is 1.19. The van der Waals surface area contributed by atoms with Crippen molar-refractivity contribution in [2.45, 2.75) is 12.5 Å². The second-order valence-corrected chi connectivity index (χ2v) is 4.02. The summed E-state index contributed by atoms with van der Waals surface area (Å²) in [4.78, 5) is 0. The van der Waals surface area contributed by atoms with E-state index in [9.17, 15) is 5.11 Å². The molecular formula is C12H10OS. The van der Waals surface area contributed by atoms with Gasteiger partial charge in [0.05, 0.1) is 6.10 Å². The van der Waals surface area contributed by atoms with E-state index in [1.54, 1.807) is 11.3 Å². The number of rotatable bonds is 2. The number of hydrogen-bond acceptors (Lipinski definition) is 2. The summed E-state index contributed by atoms with van der Waals surface area (Å²) in [6.45, 7) is 0. The van der Waals surface area contributed by atoms with Gasteiger partial charge in [-0.2, -0.15) is 0 Å². The Morgan fingerprint density at radius 3 is 3.00 bits per heavy atom. The van der Waals surface area contributed by atoms with Gasteiger partial charge in [-0.25, -0.2) is 0 Å². The third kappa shape index (κ3) is 1.52. The molecule has 1 heterocycles. The Morgan fingerprint density at radius 2 is 2.21 bits per heavy atom. The zero-order chi connectivity index (χ0) is 9.97. The number of aliphatic hydroxyl groups is 1. The molecule has 0 aliphatic rings. The third-order valence-corrected chi connectivity index (χ3v) is 3.16. The Hall–Kier alpha value is -1.30. The van der Waals surface area contributed by atoms with Crippen molar-refractivity contribution < 1.29 is 5.11 Å². The monoisotopic (exact) mass is 202 g/mol. The summed E-state index contributed by atoms with van der Waals surface area (Å²) in [6, 6.07) is 8.03. The van der Waals surface area contributed by atoms with Crippen molar-refractivity contribution in [1.29, 1.82) is 0 Å². The predicted octanol–water partition coefficient (Wildman–Crippen LogP) is 2.96. The van der Waals surface area contributed by atoms with Crippen molar-refractivity contribution in [1.82, 2.24) is 0 Å². The first-order valence-electron chi connectivity index (χ1n) is 4.40. The first-order chi connectivity index (χ1) is 6.83. The lowest BCUT2D eigenvalue weighted by atomic mass is 10.1. The molecule has 0 fully saturated rings. The van der Waals surface area contributed by atoms with Crippen LogP contribution in [0.5, 0.6) is 0 Å². The summed E-state index contributed by atoms with van der Waals surface area (Å²) in [5.74, 6) is 2.48. The predicted molar refractivity (Wildman–Crippen MR) is 60.2 cm³/mol. The fourth-order valence-corrected chi connectivity index (χ4v) is 2.49. The smallest absolute Gasteiger partial charge is 0.0913 e. The summed E-state index contributed by atoms with van der Waals surface area (Å²) in [5, 5.41) is 12.9. The van der Waals surface area contributed by atoms with E-state index in [0.29, 0.717) is 6.42 Å². The molecule has 0 spiro atoms. The van der Waals surface area contributed by atoms with Crippen molar-refractivity contribution in [2.75, 3.05) is 0 Å². The Balaban J connectivity index is 2.48. The summed E-state index contributed by atoms with van der Waals surface area (Å²) in [6.07, 6.45) is 5.02. The number of hydrogen-bond donors (Lipinski definition) is 1. The Labute approximate surface area is 87.0 Å². The van der Waals surface area contributed by atoms with Crippen molar-refractivity contribution in [3.63, 3.8) is 0 Å². The van der Waals surface area contributed by atoms with Crippen molar-refractivity contribution in [3.8, 4) is 12.3 Å². The highest BCUT2D eigenvalue weighted by Crippen LogP contribution is 2.31. The number of benzene rings is 1. The molecule has 0 amide bonds. The maximum absolute atomic E-state index is 9.77. The van der Waals surface area contributed by atoms with Crippen LogP contribution in [-0.4, -0.2) is 5.11 Å². The van der Waals surface area contributed by atoms with Crippen molar-refractivity contribution in [3.05, 3.63) is 35.2 Å². The lowest BCUT2D eigenvalue weighted by Gasteiger charge is -2.04. The van der Waals surface area contributed by atoms with Gasteiger partial charge in [0.15, 0.2) is 0 Å². The molecule has 14 heavy (non-hydrogen) atoms. The van der Waals surface area contributed by atoms with E-state index < -0.39 is 6.10 Å². The van der Waals surface area contributed by atoms with Gasteiger partial charge in [-0.3, -0.25) is 0 Å². The van der Waals surface area contributed by atoms with Gasteiger partial charge in [-0.1, -0.05) is 18.2 Å². The second kappa shape index (κ2) is 3.83. The molecule has 1 atom stereocenters. The van der Waals surface area contributed by atoms with Gasteiger partial charge in [-0.05, 0) is 22.4 Å². The van der Waals surface area contributed by atoms with Crippen LogP contribution in [-0.2, 0) is 0 Å². The lowest BCUT2D eigenvalue weighted by molar-refractivity contribution is 0.186. The first-order valence-corrected chi connectivity index (χ1v) is 5.28. The highest BCUT2D eigenvalue weighted by atomic mass is 32.1. The van der Waals surface area contributed by atoms with Crippen molar-refractivity contribution in [2.24, 2.45) is 0 Å². The van der Waals surface area contributed by atoms with Crippen LogP contribution in [0.25, 0.3) is 10.1 Å². The van der Waals surface area contributed by atoms with Crippen LogP contribution < -0.4 is 0 Å². The van der Waals surface area contributed by atoms with E-state index in [-0.39, 0.29) is 0 Å². The van der Waals surface area contributed by atoms with Crippen LogP contribution in [0.3, 0.4) is 0 Å². The molecule has 1 aromatic carbocycles. The average Bonchev–Trinajstić information content (AvgIpc) is 2.61. The van der Waals surface area contributed by atoms with Crippen LogP contribution in [0, 0.1) is 12.3 Å². The SMILES string of the molecule is C#CCC(O)c1csc2ccccc12. The molecule has 2 heteroatoms. The second-order valence-electron chi connectivity index (χ2n) is 3.11. The van der Waals surface area contributed by atoms with Crippen LogP contribution in [0.2, 0.25) is 0 Å². The maximum Gasteiger partial charge on any atom is 0.0913 e. The van der Waals surface area contributed by atoms with Crippen LogP contribution >= 0.6 is 11.3 Å². The third-order valence-electron chi connectivity index (χ3n) is 2.18. The fraction of sp³-hybridized carbons (Fsp3) is 0.167. The molecule has 0 aliphatic carbocycles. The van der Waals surface area contributed by atoms with E-state index in [0.717, 1.165) is 10.9 Å². The number of thiophene rings is 1. The van der Waals surface area contributed by atoms with Gasteiger partial charge in [0.25, 0.3) is 0 Å². The number of aliphatic hydroxyl groups excluding tert-OH is 1. The number of terminal acetylenes is 1. The number of fused-ring (bicyclic) bond motifs is 1. The van der Waals surface area contributed by atoms with Crippen LogP contribution in [0.4, 0.5) is 0 Å². The highest BCUT2D eigenvalue weighted by Gasteiger charge is 2.11. The molecule has 2 aromatic rings. The molecule has 0 radical (unpaired) electrons. The van der Waals surface area contributed by atoms with Gasteiger partial charge >= 0.3 is 0 Å². The first kappa shape index (κ1) is 9.26. The normalized spacial score (nSPS) is 12.6. The van der Waals surface area contributed by atoms with Gasteiger partial charge in [0.2, 0.25) is 0 Å². The van der Waals surface area contributed by atoms with E-state index in [4.69, 9.17) is 6.42 Å². The van der Waals surface area contributed by atoms with Crippen molar-refractivity contribution >= 4 is 21.4 Å². The molecule has 1 nitrogen and oxygen atoms in total. The van der Waals surface area contributed by atoms with E-state index in [1.165, 1.54) is 4.70 Å². The summed E-state index contributed by atoms with van der Waals surface area (Å²) >= 11 is 1.64. The van der Waals surface area contributed by atoms with Gasteiger partial charge in [0.1, 0.15) is 0 Å². The topological polar surface area (TPSA) is 20.2 Å². The molecule has 0 aliphatic heterocycles. The van der Waals surface area contributed by atoms with Crippen LogP contribution in [0.1, 0.15) is 18.1 Å². The Morgan fingerprint density at radius 1 is 1.43 bits per heavy atom. The van der Waals surface area contributed by atoms with Crippen LogP contribution in [0.15, 0.2) is 29.6 Å². The zero-order valence-electron chi connectivity index (χ0n) is 7.60. The van der Waals surface area contributed by atoms with E-state index in [1.807, 2.05) is 29.6 Å². The maximum atomic E-state index is 9.77. The molecule has 70 valence electrons. The molecule has 2 rings (SSSR count). The van der Waals surface area contributed by atoms with E-state index in [2.05, 4.69) is 5.92 Å². The van der Waals surface area contributed by atoms with Gasteiger partial charge < -0.3 is 5.11 Å². The average molecular weight is 202 g/mol. The van der Waals surface area contributed by atoms with Gasteiger partial charge in [-0.15, -0.1) is 23.7 Å². The fourth-order valence-electron chi connectivity index (χ4n) is 1.48. The van der Waals surface area contributed by atoms with Gasteiger partial charge in [0, 0.05) is 11.1 Å². The highest BCUT2D eigenvalue weighted by molar-refractivity contribution is 7.17. The minimum atomic E-state index is -0.531. The summed E-state index contributed by atoms with van der Waals surface area (Å²) in [7, 11) is 0. The summed E-state index contributed by atoms with van der Waals surface area (Å²) in [5.41, 5.74) is 0.948. The minimum Gasteiger partial charge on any atom is -0.387 e. The van der Waals surface area contributed by atoms with E-state index >= 15 is 0 Å². The largest absolute Gasteiger partial charge is 0.387 e. The standard InChI is InChI=1S/C12H10OS/c1-2-5-11(13)10-8-14-12-7-4-3-6-9(10)12/h1,3-4,6-8,11,13H,5H2. The quantitative estimate of drug-likeness (QED) is 0.742. The molecule has 1 aromatic heterocycles. The molecule has 0 saturated heterocycles. The lowest BCUT2D eigenvalue weighted by Crippen LogP contribution is -1.93. The minimum absolute atomic E-state index is 0.376. The molecule has 0 bridgehead atoms. The Kier molecular flexibility index (Phi) is 2.53. The zero-order valence-corrected chi connectivity index (χ0v) is 8.42. The molecule has 0 saturated carbocycles. The molecular weight excluding hydrogens is 192 g/mol. The molecule has 1 N–H and O–H groups in total. The molecule has 1 unspecified atom stereocenters.